The van der Waals surface area contributed by atoms with E-state index in [0.717, 1.165) is 18.9 Å². The fraction of sp³-hybridized carbons (Fsp3) is 0.647. The van der Waals surface area contributed by atoms with Crippen molar-refractivity contribution in [3.63, 3.8) is 0 Å². The first-order valence-corrected chi connectivity index (χ1v) is 7.44. The van der Waals surface area contributed by atoms with Gasteiger partial charge in [-0.15, -0.1) is 0 Å². The lowest BCUT2D eigenvalue weighted by atomic mass is 9.87. The van der Waals surface area contributed by atoms with E-state index in [1.165, 1.54) is 24.8 Å². The molecular weight excluding hydrogens is 234 g/mol. The number of benzene rings is 1. The van der Waals surface area contributed by atoms with E-state index in [0.29, 0.717) is 11.3 Å². The molecule has 1 aliphatic heterocycles. The van der Waals surface area contributed by atoms with Gasteiger partial charge in [-0.05, 0) is 51.5 Å². The highest BCUT2D eigenvalue weighted by atomic mass is 16.5. The molecule has 1 fully saturated rings. The zero-order valence-electron chi connectivity index (χ0n) is 12.3. The van der Waals surface area contributed by atoms with Gasteiger partial charge in [-0.3, -0.25) is 0 Å². The molecule has 1 saturated carbocycles. The first-order chi connectivity index (χ1) is 8.98. The molecule has 1 heterocycles. The molecule has 0 spiro atoms. The summed E-state index contributed by atoms with van der Waals surface area (Å²) < 4.78 is 5.81. The van der Waals surface area contributed by atoms with Crippen LogP contribution in [-0.4, -0.2) is 18.7 Å². The van der Waals surface area contributed by atoms with Crippen LogP contribution in [0.3, 0.4) is 0 Å². The predicted octanol–water partition coefficient (Wildman–Crippen LogP) is 3.72. The third kappa shape index (κ3) is 2.94. The highest BCUT2D eigenvalue weighted by Crippen LogP contribution is 2.53. The van der Waals surface area contributed by atoms with E-state index in [1.54, 1.807) is 0 Å². The zero-order chi connectivity index (χ0) is 13.5. The van der Waals surface area contributed by atoms with Gasteiger partial charge in [0, 0.05) is 23.6 Å². The lowest BCUT2D eigenvalue weighted by molar-refractivity contribution is 0.282. The molecule has 1 atom stereocenters. The van der Waals surface area contributed by atoms with Crippen LogP contribution in [0.25, 0.3) is 0 Å². The minimum absolute atomic E-state index is 0.222. The van der Waals surface area contributed by atoms with Crippen LogP contribution in [0.1, 0.15) is 51.5 Å². The van der Waals surface area contributed by atoms with Crippen LogP contribution < -0.4 is 10.1 Å². The van der Waals surface area contributed by atoms with Crippen molar-refractivity contribution in [2.75, 3.05) is 13.2 Å². The van der Waals surface area contributed by atoms with E-state index >= 15 is 0 Å². The Kier molecular flexibility index (Phi) is 3.09. The molecule has 3 rings (SSSR count). The molecule has 1 aromatic carbocycles. The Morgan fingerprint density at radius 1 is 1.26 bits per heavy atom. The van der Waals surface area contributed by atoms with Crippen molar-refractivity contribution in [1.82, 2.24) is 5.32 Å². The number of hydrogen-bond acceptors (Lipinski definition) is 2. The van der Waals surface area contributed by atoms with Gasteiger partial charge in [0.15, 0.2) is 0 Å². The number of ether oxygens (including phenoxy) is 1. The second-order valence-corrected chi connectivity index (χ2v) is 7.35. The molecule has 1 N–H and O–H groups in total. The Balaban J connectivity index is 1.63. The van der Waals surface area contributed by atoms with Gasteiger partial charge in [0.1, 0.15) is 5.75 Å². The molecule has 2 heteroatoms. The monoisotopic (exact) mass is 259 g/mol. The number of rotatable bonds is 4. The lowest BCUT2D eigenvalue weighted by Crippen LogP contribution is -2.40. The van der Waals surface area contributed by atoms with Gasteiger partial charge >= 0.3 is 0 Å². The summed E-state index contributed by atoms with van der Waals surface area (Å²) in [5.74, 6) is 1.70. The first-order valence-electron chi connectivity index (χ1n) is 7.44. The van der Waals surface area contributed by atoms with Crippen LogP contribution in [0.15, 0.2) is 24.3 Å². The minimum Gasteiger partial charge on any atom is -0.493 e. The topological polar surface area (TPSA) is 21.3 Å². The van der Waals surface area contributed by atoms with Gasteiger partial charge in [-0.2, -0.15) is 0 Å². The Bertz CT molecular complexity index is 457. The van der Waals surface area contributed by atoms with Crippen molar-refractivity contribution >= 4 is 0 Å². The molecule has 1 aliphatic carbocycles. The first kappa shape index (κ1) is 13.0. The number of para-hydroxylation sites is 1. The van der Waals surface area contributed by atoms with Crippen LogP contribution in [0.4, 0.5) is 0 Å². The maximum Gasteiger partial charge on any atom is 0.122 e. The van der Waals surface area contributed by atoms with Gasteiger partial charge in [0.25, 0.3) is 0 Å². The molecule has 0 saturated heterocycles. The summed E-state index contributed by atoms with van der Waals surface area (Å²) in [4.78, 5) is 0. The minimum atomic E-state index is 0.222. The molecular formula is C17H25NO. The van der Waals surface area contributed by atoms with E-state index in [2.05, 4.69) is 50.4 Å². The predicted molar refractivity (Wildman–Crippen MR) is 78.7 cm³/mol. The van der Waals surface area contributed by atoms with Crippen LogP contribution in [0.5, 0.6) is 5.75 Å². The SMILES string of the molecule is CC(C)(C)NCC1(CC2COc3ccccc32)CC1. The quantitative estimate of drug-likeness (QED) is 0.889. The third-order valence-corrected chi connectivity index (χ3v) is 4.43. The standard InChI is InChI=1S/C17H25NO/c1-16(2,3)18-12-17(8-9-17)10-13-11-19-15-7-5-4-6-14(13)15/h4-7,13,18H,8-12H2,1-3H3. The highest BCUT2D eigenvalue weighted by Gasteiger charge is 2.45. The summed E-state index contributed by atoms with van der Waals surface area (Å²) >= 11 is 0. The number of fused-ring (bicyclic) bond motifs is 1. The molecule has 0 aromatic heterocycles. The summed E-state index contributed by atoms with van der Waals surface area (Å²) in [7, 11) is 0. The van der Waals surface area contributed by atoms with Crippen molar-refractivity contribution in [3.05, 3.63) is 29.8 Å². The maximum atomic E-state index is 5.81. The summed E-state index contributed by atoms with van der Waals surface area (Å²) in [5, 5.41) is 3.68. The van der Waals surface area contributed by atoms with E-state index in [1.807, 2.05) is 0 Å². The summed E-state index contributed by atoms with van der Waals surface area (Å²) in [6.45, 7) is 8.76. The largest absolute Gasteiger partial charge is 0.493 e. The van der Waals surface area contributed by atoms with Crippen molar-refractivity contribution in [2.24, 2.45) is 5.41 Å². The van der Waals surface area contributed by atoms with E-state index in [-0.39, 0.29) is 5.54 Å². The van der Waals surface area contributed by atoms with Crippen LogP contribution in [0, 0.1) is 5.41 Å². The lowest BCUT2D eigenvalue weighted by Gasteiger charge is -2.26. The van der Waals surface area contributed by atoms with Gasteiger partial charge in [-0.1, -0.05) is 18.2 Å². The summed E-state index contributed by atoms with van der Waals surface area (Å²) in [6.07, 6.45) is 4.01. The number of nitrogens with one attached hydrogen (secondary N) is 1. The van der Waals surface area contributed by atoms with E-state index in [9.17, 15) is 0 Å². The van der Waals surface area contributed by atoms with Gasteiger partial charge in [-0.25, -0.2) is 0 Å². The Morgan fingerprint density at radius 2 is 2.00 bits per heavy atom. The Morgan fingerprint density at radius 3 is 2.68 bits per heavy atom. The Hall–Kier alpha value is -1.02. The Labute approximate surface area is 116 Å². The molecule has 19 heavy (non-hydrogen) atoms. The molecule has 0 bridgehead atoms. The zero-order valence-corrected chi connectivity index (χ0v) is 12.3. The van der Waals surface area contributed by atoms with E-state index in [4.69, 9.17) is 4.74 Å². The van der Waals surface area contributed by atoms with Crippen molar-refractivity contribution < 1.29 is 4.74 Å². The average Bonchev–Trinajstić information content (AvgIpc) is 3.01. The molecule has 1 aromatic rings. The van der Waals surface area contributed by atoms with Crippen LogP contribution in [-0.2, 0) is 0 Å². The van der Waals surface area contributed by atoms with Crippen molar-refractivity contribution in [3.8, 4) is 5.75 Å². The maximum absolute atomic E-state index is 5.81. The molecule has 0 amide bonds. The van der Waals surface area contributed by atoms with Gasteiger partial charge in [0.2, 0.25) is 0 Å². The van der Waals surface area contributed by atoms with Gasteiger partial charge in [0.05, 0.1) is 6.61 Å². The third-order valence-electron chi connectivity index (χ3n) is 4.43. The van der Waals surface area contributed by atoms with Gasteiger partial charge < -0.3 is 10.1 Å². The smallest absolute Gasteiger partial charge is 0.122 e. The summed E-state index contributed by atoms with van der Waals surface area (Å²) in [5.41, 5.74) is 2.17. The molecule has 1 unspecified atom stereocenters. The normalized spacial score (nSPS) is 23.8. The highest BCUT2D eigenvalue weighted by molar-refractivity contribution is 5.39. The molecule has 2 aliphatic rings. The molecule has 104 valence electrons. The molecule has 2 nitrogen and oxygen atoms in total. The van der Waals surface area contributed by atoms with Crippen LogP contribution in [0.2, 0.25) is 0 Å². The van der Waals surface area contributed by atoms with E-state index < -0.39 is 0 Å². The second kappa shape index (κ2) is 4.52. The molecule has 0 radical (unpaired) electrons. The fourth-order valence-corrected chi connectivity index (χ4v) is 3.00. The van der Waals surface area contributed by atoms with Crippen molar-refractivity contribution in [2.45, 2.75) is 51.5 Å². The second-order valence-electron chi connectivity index (χ2n) is 7.35. The van der Waals surface area contributed by atoms with Crippen LogP contribution >= 0.6 is 0 Å². The van der Waals surface area contributed by atoms with Crippen molar-refractivity contribution in [1.29, 1.82) is 0 Å². The average molecular weight is 259 g/mol. The summed E-state index contributed by atoms with van der Waals surface area (Å²) in [6, 6.07) is 8.53. The fourth-order valence-electron chi connectivity index (χ4n) is 3.00. The number of hydrogen-bond donors (Lipinski definition) is 1.